The van der Waals surface area contributed by atoms with E-state index in [1.807, 2.05) is 11.8 Å². The van der Waals surface area contributed by atoms with E-state index in [1.54, 1.807) is 24.3 Å². The molecule has 0 spiro atoms. The van der Waals surface area contributed by atoms with Crippen LogP contribution in [0.3, 0.4) is 0 Å². The molecule has 1 aromatic carbocycles. The molecule has 1 unspecified atom stereocenters. The molecule has 166 valence electrons. The number of halogens is 2. The molecular formula is C18H30Cl2N4O4S. The number of benzene rings is 1. The number of piperazine rings is 1. The summed E-state index contributed by atoms with van der Waals surface area (Å²) in [5, 5.41) is 3.19. The number of hydrogen-bond acceptors (Lipinski definition) is 6. The minimum atomic E-state index is -3.48. The van der Waals surface area contributed by atoms with Crippen LogP contribution < -0.4 is 10.0 Å². The van der Waals surface area contributed by atoms with E-state index in [-0.39, 0.29) is 41.7 Å². The van der Waals surface area contributed by atoms with Gasteiger partial charge in [-0.2, -0.15) is 0 Å². The number of aryl methyl sites for hydroxylation is 1. The molecule has 2 aliphatic rings. The zero-order chi connectivity index (χ0) is 19.3. The highest BCUT2D eigenvalue weighted by Gasteiger charge is 2.28. The van der Waals surface area contributed by atoms with Gasteiger partial charge < -0.3 is 15.0 Å². The minimum Gasteiger partial charge on any atom is -0.378 e. The molecule has 0 bridgehead atoms. The number of nitrogens with zero attached hydrogens (tertiary/aromatic N) is 2. The molecule has 1 aromatic rings. The summed E-state index contributed by atoms with van der Waals surface area (Å²) in [6.45, 7) is 7.47. The largest absolute Gasteiger partial charge is 0.378 e. The van der Waals surface area contributed by atoms with Crippen LogP contribution in [0.25, 0.3) is 0 Å². The fourth-order valence-corrected chi connectivity index (χ4v) is 4.30. The van der Waals surface area contributed by atoms with Crippen LogP contribution >= 0.6 is 24.8 Å². The van der Waals surface area contributed by atoms with Crippen molar-refractivity contribution in [1.29, 1.82) is 0 Å². The van der Waals surface area contributed by atoms with Crippen LogP contribution in [-0.2, 0) is 19.6 Å². The van der Waals surface area contributed by atoms with Gasteiger partial charge in [0.05, 0.1) is 18.1 Å². The minimum absolute atomic E-state index is 0. The number of nitrogens with one attached hydrogen (secondary N) is 2. The van der Waals surface area contributed by atoms with E-state index >= 15 is 0 Å². The van der Waals surface area contributed by atoms with Crippen molar-refractivity contribution in [3.8, 4) is 0 Å². The quantitative estimate of drug-likeness (QED) is 0.621. The van der Waals surface area contributed by atoms with Gasteiger partial charge in [-0.1, -0.05) is 17.7 Å². The van der Waals surface area contributed by atoms with Gasteiger partial charge in [0, 0.05) is 45.8 Å². The average molecular weight is 469 g/mol. The molecule has 0 radical (unpaired) electrons. The van der Waals surface area contributed by atoms with Crippen LogP contribution in [0.1, 0.15) is 5.56 Å². The zero-order valence-corrected chi connectivity index (χ0v) is 19.0. The number of carbonyl (C=O) groups excluding carboxylic acids is 1. The van der Waals surface area contributed by atoms with E-state index in [2.05, 4.69) is 14.9 Å². The van der Waals surface area contributed by atoms with Crippen LogP contribution in [0.2, 0.25) is 0 Å². The summed E-state index contributed by atoms with van der Waals surface area (Å²) < 4.78 is 32.6. The van der Waals surface area contributed by atoms with E-state index in [9.17, 15) is 13.2 Å². The highest BCUT2D eigenvalue weighted by molar-refractivity contribution is 7.89. The molecule has 29 heavy (non-hydrogen) atoms. The highest BCUT2D eigenvalue weighted by atomic mass is 35.5. The van der Waals surface area contributed by atoms with E-state index < -0.39 is 10.0 Å². The van der Waals surface area contributed by atoms with Crippen molar-refractivity contribution in [1.82, 2.24) is 19.8 Å². The maximum absolute atomic E-state index is 12.5. The first-order chi connectivity index (χ1) is 13.0. The number of sulfonamides is 1. The maximum Gasteiger partial charge on any atom is 0.242 e. The molecule has 2 aliphatic heterocycles. The Morgan fingerprint density at radius 2 is 1.83 bits per heavy atom. The van der Waals surface area contributed by atoms with Gasteiger partial charge in [0.2, 0.25) is 15.9 Å². The first-order valence-electron chi connectivity index (χ1n) is 9.34. The first kappa shape index (κ1) is 26.1. The van der Waals surface area contributed by atoms with E-state index in [0.29, 0.717) is 45.9 Å². The lowest BCUT2D eigenvalue weighted by Gasteiger charge is -2.37. The van der Waals surface area contributed by atoms with Crippen LogP contribution in [0.5, 0.6) is 0 Å². The standard InChI is InChI=1S/C18H28N4O4S.2ClH/c1-15-2-4-16(5-3-15)27(24,25)20-6-8-21-9-11-22(12-10-21)18(23)17-14-26-13-7-19-17;;/h2-5,17,19-20H,6-14H2,1H3;2*1H. The second-order valence-corrected chi connectivity index (χ2v) is 8.73. The molecule has 1 atom stereocenters. The molecule has 0 saturated carbocycles. The maximum atomic E-state index is 12.5. The van der Waals surface area contributed by atoms with Gasteiger partial charge in [0.25, 0.3) is 0 Å². The van der Waals surface area contributed by atoms with Crippen LogP contribution in [0.4, 0.5) is 0 Å². The van der Waals surface area contributed by atoms with E-state index in [4.69, 9.17) is 4.74 Å². The molecular weight excluding hydrogens is 439 g/mol. The lowest BCUT2D eigenvalue weighted by atomic mass is 10.2. The lowest BCUT2D eigenvalue weighted by molar-refractivity contribution is -0.138. The van der Waals surface area contributed by atoms with Gasteiger partial charge in [-0.3, -0.25) is 9.69 Å². The van der Waals surface area contributed by atoms with Crippen LogP contribution in [0, 0.1) is 6.92 Å². The molecule has 0 aliphatic carbocycles. The summed E-state index contributed by atoms with van der Waals surface area (Å²) in [5.41, 5.74) is 1.02. The summed E-state index contributed by atoms with van der Waals surface area (Å²) in [7, 11) is -3.48. The average Bonchev–Trinajstić information content (AvgIpc) is 2.69. The molecule has 2 heterocycles. The summed E-state index contributed by atoms with van der Waals surface area (Å²) in [6.07, 6.45) is 0. The Bertz CT molecular complexity index is 735. The number of hydrogen-bond donors (Lipinski definition) is 2. The highest BCUT2D eigenvalue weighted by Crippen LogP contribution is 2.10. The van der Waals surface area contributed by atoms with Crippen molar-refractivity contribution >= 4 is 40.7 Å². The van der Waals surface area contributed by atoms with Crippen molar-refractivity contribution in [3.05, 3.63) is 29.8 Å². The number of ether oxygens (including phenoxy) is 1. The molecule has 1 amide bonds. The van der Waals surface area contributed by atoms with Crippen molar-refractivity contribution < 1.29 is 17.9 Å². The Labute approximate surface area is 185 Å². The molecule has 3 rings (SSSR count). The zero-order valence-electron chi connectivity index (χ0n) is 16.5. The van der Waals surface area contributed by atoms with Crippen molar-refractivity contribution in [2.45, 2.75) is 17.9 Å². The first-order valence-corrected chi connectivity index (χ1v) is 10.8. The molecule has 2 N–H and O–H groups in total. The molecule has 2 saturated heterocycles. The predicted octanol–water partition coefficient (Wildman–Crippen LogP) is 0.250. The van der Waals surface area contributed by atoms with Crippen molar-refractivity contribution in [3.63, 3.8) is 0 Å². The Hall–Kier alpha value is -0.940. The summed E-state index contributed by atoms with van der Waals surface area (Å²) in [5.74, 6) is 0.0921. The summed E-state index contributed by atoms with van der Waals surface area (Å²) in [4.78, 5) is 16.8. The number of carbonyl (C=O) groups is 1. The van der Waals surface area contributed by atoms with Gasteiger partial charge in [-0.25, -0.2) is 13.1 Å². The SMILES string of the molecule is Cc1ccc(S(=O)(=O)NCCN2CCN(C(=O)C3COCCN3)CC2)cc1.Cl.Cl. The number of rotatable bonds is 6. The molecule has 0 aromatic heterocycles. The number of morpholine rings is 1. The Kier molecular flexibility index (Phi) is 10.8. The van der Waals surface area contributed by atoms with Gasteiger partial charge >= 0.3 is 0 Å². The molecule has 11 heteroatoms. The molecule has 2 fully saturated rings. The third kappa shape index (κ3) is 7.36. The normalized spacial score (nSPS) is 20.4. The lowest BCUT2D eigenvalue weighted by Crippen LogP contribution is -2.57. The fraction of sp³-hybridized carbons (Fsp3) is 0.611. The second-order valence-electron chi connectivity index (χ2n) is 6.96. The van der Waals surface area contributed by atoms with Gasteiger partial charge in [-0.05, 0) is 19.1 Å². The topological polar surface area (TPSA) is 91.0 Å². The fourth-order valence-electron chi connectivity index (χ4n) is 3.28. The number of amides is 1. The van der Waals surface area contributed by atoms with Gasteiger partial charge in [-0.15, -0.1) is 24.8 Å². The Morgan fingerprint density at radius 1 is 1.17 bits per heavy atom. The Balaban J connectivity index is 0.00000210. The third-order valence-corrected chi connectivity index (χ3v) is 6.43. The van der Waals surface area contributed by atoms with Gasteiger partial charge in [0.15, 0.2) is 0 Å². The van der Waals surface area contributed by atoms with Crippen LogP contribution in [0.15, 0.2) is 29.2 Å². The van der Waals surface area contributed by atoms with E-state index in [0.717, 1.165) is 18.7 Å². The van der Waals surface area contributed by atoms with Gasteiger partial charge in [0.1, 0.15) is 6.04 Å². The third-order valence-electron chi connectivity index (χ3n) is 4.96. The predicted molar refractivity (Wildman–Crippen MR) is 116 cm³/mol. The molecule has 8 nitrogen and oxygen atoms in total. The smallest absolute Gasteiger partial charge is 0.242 e. The second kappa shape index (κ2) is 12.0. The monoisotopic (exact) mass is 468 g/mol. The van der Waals surface area contributed by atoms with E-state index in [1.165, 1.54) is 0 Å². The summed E-state index contributed by atoms with van der Waals surface area (Å²) in [6, 6.07) is 6.57. The summed E-state index contributed by atoms with van der Waals surface area (Å²) >= 11 is 0. The van der Waals surface area contributed by atoms with Crippen molar-refractivity contribution in [2.24, 2.45) is 0 Å². The van der Waals surface area contributed by atoms with Crippen molar-refractivity contribution in [2.75, 3.05) is 59.0 Å². The van der Waals surface area contributed by atoms with Crippen LogP contribution in [-0.4, -0.2) is 89.2 Å². The Morgan fingerprint density at radius 3 is 2.41 bits per heavy atom.